The van der Waals surface area contributed by atoms with Crippen molar-refractivity contribution in [3.63, 3.8) is 0 Å². The molecule has 2 nitrogen and oxygen atoms in total. The van der Waals surface area contributed by atoms with Gasteiger partial charge in [0.15, 0.2) is 0 Å². The molecule has 0 fully saturated rings. The summed E-state index contributed by atoms with van der Waals surface area (Å²) >= 11 is 0. The van der Waals surface area contributed by atoms with Crippen LogP contribution in [0.5, 0.6) is 0 Å². The van der Waals surface area contributed by atoms with E-state index in [2.05, 4.69) is 0 Å². The van der Waals surface area contributed by atoms with Crippen LogP contribution >= 0.6 is 0 Å². The predicted molar refractivity (Wildman–Crippen MR) is 47.8 cm³/mol. The number of rotatable bonds is 4. The minimum atomic E-state index is 0.343. The largest absolute Gasteiger partial charge is 0.382 e. The smallest absolute Gasteiger partial charge is 0.132 e. The number of ether oxygens (including phenoxy) is 1. The van der Waals surface area contributed by atoms with E-state index in [9.17, 15) is 4.79 Å². The molecule has 0 bridgehead atoms. The van der Waals surface area contributed by atoms with Crippen LogP contribution in [0.1, 0.15) is 40.5 Å². The lowest BCUT2D eigenvalue weighted by Crippen LogP contribution is -1.88. The second-order valence-electron chi connectivity index (χ2n) is 2.03. The van der Waals surface area contributed by atoms with Gasteiger partial charge in [-0.1, -0.05) is 13.8 Å². The van der Waals surface area contributed by atoms with Crippen LogP contribution in [0.2, 0.25) is 0 Å². The van der Waals surface area contributed by atoms with Gasteiger partial charge in [0, 0.05) is 26.1 Å². The topological polar surface area (TPSA) is 26.3 Å². The Labute approximate surface area is 69.9 Å². The molecule has 0 N–H and O–H groups in total. The van der Waals surface area contributed by atoms with Crippen LogP contribution in [-0.4, -0.2) is 19.0 Å². The third-order valence-electron chi connectivity index (χ3n) is 1.20. The number of hydrogen-bond donors (Lipinski definition) is 0. The molecular formula is C9H20O2. The van der Waals surface area contributed by atoms with Gasteiger partial charge in [-0.05, 0) is 13.8 Å². The standard InChI is InChI=1S/C5H10O.C4H10O/c1-3-5(6)4-2;1-3-5-4-2/h3-4H2,1-2H3;3-4H2,1-2H3. The van der Waals surface area contributed by atoms with Crippen LogP contribution in [0.4, 0.5) is 0 Å². The fraction of sp³-hybridized carbons (Fsp3) is 0.889. The molecule has 0 rings (SSSR count). The fourth-order valence-electron chi connectivity index (χ4n) is 0.454. The molecular weight excluding hydrogens is 140 g/mol. The van der Waals surface area contributed by atoms with Crippen molar-refractivity contribution >= 4 is 5.78 Å². The van der Waals surface area contributed by atoms with Crippen LogP contribution in [0, 0.1) is 0 Å². The second kappa shape index (κ2) is 12.3. The van der Waals surface area contributed by atoms with Gasteiger partial charge in [0.2, 0.25) is 0 Å². The summed E-state index contributed by atoms with van der Waals surface area (Å²) in [5.74, 6) is 0.343. The van der Waals surface area contributed by atoms with Gasteiger partial charge in [0.25, 0.3) is 0 Å². The van der Waals surface area contributed by atoms with E-state index in [1.54, 1.807) is 0 Å². The maximum Gasteiger partial charge on any atom is 0.132 e. The Kier molecular flexibility index (Phi) is 14.8. The van der Waals surface area contributed by atoms with E-state index in [1.807, 2.05) is 27.7 Å². The molecule has 0 aromatic rings. The molecule has 11 heavy (non-hydrogen) atoms. The average Bonchev–Trinajstić information content (AvgIpc) is 2.06. The number of hydrogen-bond acceptors (Lipinski definition) is 2. The number of carbonyl (C=O) groups excluding carboxylic acids is 1. The summed E-state index contributed by atoms with van der Waals surface area (Å²) in [5.41, 5.74) is 0. The van der Waals surface area contributed by atoms with Crippen molar-refractivity contribution in [3.05, 3.63) is 0 Å². The Morgan fingerprint density at radius 2 is 1.36 bits per heavy atom. The highest BCUT2D eigenvalue weighted by Crippen LogP contribution is 1.83. The zero-order valence-corrected chi connectivity index (χ0v) is 8.14. The Morgan fingerprint density at radius 1 is 1.00 bits per heavy atom. The summed E-state index contributed by atoms with van der Waals surface area (Å²) < 4.78 is 4.83. The van der Waals surface area contributed by atoms with E-state index in [4.69, 9.17) is 4.74 Å². The molecule has 0 spiro atoms. The van der Waals surface area contributed by atoms with Gasteiger partial charge in [0.1, 0.15) is 5.78 Å². The van der Waals surface area contributed by atoms with Gasteiger partial charge >= 0.3 is 0 Å². The lowest BCUT2D eigenvalue weighted by molar-refractivity contribution is -0.118. The number of ketones is 1. The molecule has 0 amide bonds. The molecule has 0 aliphatic carbocycles. The molecule has 0 aromatic heterocycles. The Morgan fingerprint density at radius 3 is 1.36 bits per heavy atom. The van der Waals surface area contributed by atoms with E-state index in [0.717, 1.165) is 13.2 Å². The summed E-state index contributed by atoms with van der Waals surface area (Å²) in [6.07, 6.45) is 1.38. The summed E-state index contributed by atoms with van der Waals surface area (Å²) in [4.78, 5) is 10.2. The van der Waals surface area contributed by atoms with Crippen LogP contribution < -0.4 is 0 Å². The van der Waals surface area contributed by atoms with Gasteiger partial charge in [0.05, 0.1) is 0 Å². The van der Waals surface area contributed by atoms with E-state index < -0.39 is 0 Å². The molecule has 0 aliphatic heterocycles. The van der Waals surface area contributed by atoms with Gasteiger partial charge in [-0.3, -0.25) is 4.79 Å². The molecule has 0 atom stereocenters. The van der Waals surface area contributed by atoms with E-state index in [1.165, 1.54) is 0 Å². The van der Waals surface area contributed by atoms with E-state index >= 15 is 0 Å². The molecule has 0 saturated carbocycles. The first-order valence-corrected chi connectivity index (χ1v) is 4.32. The first kappa shape index (κ1) is 13.2. The zero-order chi connectivity index (χ0) is 9.11. The van der Waals surface area contributed by atoms with Gasteiger partial charge < -0.3 is 4.74 Å². The van der Waals surface area contributed by atoms with Gasteiger partial charge in [-0.15, -0.1) is 0 Å². The van der Waals surface area contributed by atoms with Gasteiger partial charge in [-0.2, -0.15) is 0 Å². The average molecular weight is 160 g/mol. The molecule has 0 aromatic carbocycles. The molecule has 0 radical (unpaired) electrons. The summed E-state index contributed by atoms with van der Waals surface area (Å²) in [6, 6.07) is 0. The number of carbonyl (C=O) groups is 1. The summed E-state index contributed by atoms with van der Waals surface area (Å²) in [6.45, 7) is 9.43. The lowest BCUT2D eigenvalue weighted by Gasteiger charge is -1.86. The Bertz CT molecular complexity index is 71.6. The minimum Gasteiger partial charge on any atom is -0.382 e. The van der Waals surface area contributed by atoms with Crippen molar-refractivity contribution in [2.75, 3.05) is 13.2 Å². The zero-order valence-electron chi connectivity index (χ0n) is 8.14. The first-order valence-electron chi connectivity index (χ1n) is 4.32. The lowest BCUT2D eigenvalue weighted by atomic mass is 10.3. The van der Waals surface area contributed by atoms with E-state index in [0.29, 0.717) is 18.6 Å². The molecule has 68 valence electrons. The van der Waals surface area contributed by atoms with Gasteiger partial charge in [-0.25, -0.2) is 0 Å². The normalized spacial score (nSPS) is 8.36. The molecule has 0 heterocycles. The van der Waals surface area contributed by atoms with E-state index in [-0.39, 0.29) is 0 Å². The minimum absolute atomic E-state index is 0.343. The second-order valence-corrected chi connectivity index (χ2v) is 2.03. The van der Waals surface area contributed by atoms with Crippen molar-refractivity contribution in [1.29, 1.82) is 0 Å². The van der Waals surface area contributed by atoms with Crippen LogP contribution in [-0.2, 0) is 9.53 Å². The maximum absolute atomic E-state index is 10.2. The van der Waals surface area contributed by atoms with Crippen LogP contribution in [0.25, 0.3) is 0 Å². The molecule has 0 aliphatic rings. The summed E-state index contributed by atoms with van der Waals surface area (Å²) in [5, 5.41) is 0. The Balaban J connectivity index is 0. The molecule has 0 unspecified atom stereocenters. The number of Topliss-reactive ketones (excluding diaryl/α,β-unsaturated/α-hetero) is 1. The molecule has 2 heteroatoms. The highest BCUT2D eigenvalue weighted by molar-refractivity contribution is 5.77. The predicted octanol–water partition coefficient (Wildman–Crippen LogP) is 2.42. The third kappa shape index (κ3) is 17.7. The van der Waals surface area contributed by atoms with Crippen molar-refractivity contribution in [2.45, 2.75) is 40.5 Å². The maximum atomic E-state index is 10.2. The Hall–Kier alpha value is -0.370. The molecule has 0 saturated heterocycles. The van der Waals surface area contributed by atoms with Crippen LogP contribution in [0.3, 0.4) is 0 Å². The first-order chi connectivity index (χ1) is 5.22. The monoisotopic (exact) mass is 160 g/mol. The summed E-state index contributed by atoms with van der Waals surface area (Å²) in [7, 11) is 0. The SMILES string of the molecule is CCC(=O)CC.CCOCC. The van der Waals surface area contributed by atoms with Crippen molar-refractivity contribution in [3.8, 4) is 0 Å². The van der Waals surface area contributed by atoms with Crippen molar-refractivity contribution < 1.29 is 9.53 Å². The highest BCUT2D eigenvalue weighted by atomic mass is 16.5. The third-order valence-corrected chi connectivity index (χ3v) is 1.20. The van der Waals surface area contributed by atoms with Crippen molar-refractivity contribution in [2.24, 2.45) is 0 Å². The van der Waals surface area contributed by atoms with Crippen LogP contribution in [0.15, 0.2) is 0 Å². The highest BCUT2D eigenvalue weighted by Gasteiger charge is 1.86. The fourth-order valence-corrected chi connectivity index (χ4v) is 0.454. The quantitative estimate of drug-likeness (QED) is 0.631. The van der Waals surface area contributed by atoms with Crippen molar-refractivity contribution in [1.82, 2.24) is 0 Å².